The zero-order chi connectivity index (χ0) is 22.9. The van der Waals surface area contributed by atoms with Crippen LogP contribution < -0.4 is 19.5 Å². The smallest absolute Gasteiger partial charge is 0.263 e. The van der Waals surface area contributed by atoms with Crippen LogP contribution in [0.2, 0.25) is 0 Å². The van der Waals surface area contributed by atoms with Crippen molar-refractivity contribution in [1.82, 2.24) is 5.32 Å². The van der Waals surface area contributed by atoms with Gasteiger partial charge in [-0.25, -0.2) is 0 Å². The molecule has 1 saturated heterocycles. The fourth-order valence-corrected chi connectivity index (χ4v) is 3.95. The Hall–Kier alpha value is -2.55. The van der Waals surface area contributed by atoms with Crippen molar-refractivity contribution >= 4 is 40.3 Å². The molecule has 1 heterocycles. The Labute approximate surface area is 198 Å². The Morgan fingerprint density at radius 1 is 0.938 bits per heavy atom. The van der Waals surface area contributed by atoms with Crippen LogP contribution >= 0.6 is 24.0 Å². The number of carbonyl (C=O) groups is 1. The molecule has 8 heteroatoms. The van der Waals surface area contributed by atoms with E-state index in [9.17, 15) is 4.79 Å². The first kappa shape index (κ1) is 24.1. The molecule has 2 aromatic rings. The van der Waals surface area contributed by atoms with E-state index < -0.39 is 0 Å². The Bertz CT molecular complexity index is 1010. The van der Waals surface area contributed by atoms with Gasteiger partial charge in [-0.05, 0) is 67.8 Å². The summed E-state index contributed by atoms with van der Waals surface area (Å²) in [6, 6.07) is 11.6. The van der Waals surface area contributed by atoms with Crippen LogP contribution in [0.15, 0.2) is 41.3 Å². The highest BCUT2D eigenvalue weighted by molar-refractivity contribution is 8.26. The number of carbonyl (C=O) groups excluding carboxylic acids is 1. The zero-order valence-corrected chi connectivity index (χ0v) is 20.1. The minimum Gasteiger partial charge on any atom is -0.491 e. The highest BCUT2D eigenvalue weighted by Crippen LogP contribution is 2.31. The Kier molecular flexibility index (Phi) is 8.96. The average Bonchev–Trinajstić information content (AvgIpc) is 3.08. The molecule has 1 N–H and O–H groups in total. The first-order valence-electron chi connectivity index (χ1n) is 10.4. The van der Waals surface area contributed by atoms with Crippen molar-refractivity contribution in [3.05, 3.63) is 58.0 Å². The molecule has 170 valence electrons. The normalized spacial score (nSPS) is 14.5. The molecule has 0 aromatic heterocycles. The van der Waals surface area contributed by atoms with E-state index >= 15 is 0 Å². The van der Waals surface area contributed by atoms with Crippen LogP contribution in [0.3, 0.4) is 0 Å². The molecule has 1 fully saturated rings. The van der Waals surface area contributed by atoms with Crippen molar-refractivity contribution < 1.29 is 23.7 Å². The van der Waals surface area contributed by atoms with E-state index in [1.165, 1.54) is 22.9 Å². The molecule has 1 aliphatic rings. The van der Waals surface area contributed by atoms with Crippen molar-refractivity contribution in [1.29, 1.82) is 0 Å². The quantitative estimate of drug-likeness (QED) is 0.289. The second-order valence-electron chi connectivity index (χ2n) is 7.05. The Balaban J connectivity index is 1.45. The molecule has 0 radical (unpaired) electrons. The number of hydrogen-bond donors (Lipinski definition) is 1. The molecule has 0 bridgehead atoms. The fourth-order valence-electron chi connectivity index (χ4n) is 2.91. The van der Waals surface area contributed by atoms with E-state index in [-0.39, 0.29) is 5.91 Å². The van der Waals surface area contributed by atoms with E-state index in [0.717, 1.165) is 11.3 Å². The topological polar surface area (TPSA) is 66.0 Å². The van der Waals surface area contributed by atoms with Gasteiger partial charge < -0.3 is 24.3 Å². The van der Waals surface area contributed by atoms with Gasteiger partial charge in [-0.2, -0.15) is 0 Å². The Morgan fingerprint density at radius 2 is 1.72 bits per heavy atom. The summed E-state index contributed by atoms with van der Waals surface area (Å²) in [5, 5.41) is 2.61. The summed E-state index contributed by atoms with van der Waals surface area (Å²) < 4.78 is 23.3. The highest BCUT2D eigenvalue weighted by Gasteiger charge is 2.22. The molecule has 0 aliphatic carbocycles. The first-order chi connectivity index (χ1) is 15.5. The number of hydrogen-bond acceptors (Lipinski definition) is 7. The van der Waals surface area contributed by atoms with Gasteiger partial charge in [-0.3, -0.25) is 4.79 Å². The molecule has 6 nitrogen and oxygen atoms in total. The van der Waals surface area contributed by atoms with Crippen LogP contribution in [0.5, 0.6) is 17.2 Å². The first-order valence-corrected chi connectivity index (χ1v) is 11.6. The van der Waals surface area contributed by atoms with Gasteiger partial charge in [0.2, 0.25) is 0 Å². The summed E-state index contributed by atoms with van der Waals surface area (Å²) in [5.41, 5.74) is 3.29. The van der Waals surface area contributed by atoms with E-state index in [1.807, 2.05) is 43.3 Å². The van der Waals surface area contributed by atoms with Crippen LogP contribution in [0, 0.1) is 13.8 Å². The van der Waals surface area contributed by atoms with E-state index in [1.54, 1.807) is 6.08 Å². The van der Waals surface area contributed by atoms with Crippen LogP contribution in [-0.4, -0.2) is 43.3 Å². The van der Waals surface area contributed by atoms with Crippen molar-refractivity contribution in [2.24, 2.45) is 0 Å². The number of rotatable bonds is 11. The van der Waals surface area contributed by atoms with Crippen LogP contribution in [-0.2, 0) is 9.53 Å². The summed E-state index contributed by atoms with van der Waals surface area (Å²) in [7, 11) is 0. The SMILES string of the molecule is CCOc1cc(C=C2SC(=S)NC2=O)ccc1OCCOCCOc1ccc(C)c(C)c1. The number of thioether (sulfide) groups is 1. The van der Waals surface area contributed by atoms with E-state index in [4.69, 9.17) is 31.2 Å². The molecule has 32 heavy (non-hydrogen) atoms. The van der Waals surface area contributed by atoms with Gasteiger partial charge in [-0.15, -0.1) is 0 Å². The Morgan fingerprint density at radius 3 is 2.41 bits per heavy atom. The summed E-state index contributed by atoms with van der Waals surface area (Å²) in [6.45, 7) is 8.32. The predicted molar refractivity (Wildman–Crippen MR) is 132 cm³/mol. The zero-order valence-electron chi connectivity index (χ0n) is 18.4. The maximum atomic E-state index is 11.9. The lowest BCUT2D eigenvalue weighted by atomic mass is 10.1. The molecule has 3 rings (SSSR count). The van der Waals surface area contributed by atoms with Gasteiger partial charge in [0.1, 0.15) is 23.3 Å². The number of ether oxygens (including phenoxy) is 4. The third kappa shape index (κ3) is 6.98. The van der Waals surface area contributed by atoms with E-state index in [2.05, 4.69) is 19.2 Å². The average molecular weight is 474 g/mol. The molecule has 0 unspecified atom stereocenters. The van der Waals surface area contributed by atoms with Gasteiger partial charge in [0.25, 0.3) is 5.91 Å². The molecule has 0 saturated carbocycles. The second-order valence-corrected chi connectivity index (χ2v) is 8.77. The largest absolute Gasteiger partial charge is 0.491 e. The molecule has 1 amide bonds. The summed E-state index contributed by atoms with van der Waals surface area (Å²) in [6.07, 6.45) is 1.78. The maximum absolute atomic E-state index is 11.9. The van der Waals surface area contributed by atoms with Crippen molar-refractivity contribution in [3.8, 4) is 17.2 Å². The fraction of sp³-hybridized carbons (Fsp3) is 0.333. The third-order valence-corrected chi connectivity index (χ3v) is 5.83. The number of amides is 1. The van der Waals surface area contributed by atoms with Crippen molar-refractivity contribution in [2.45, 2.75) is 20.8 Å². The van der Waals surface area contributed by atoms with E-state index in [0.29, 0.717) is 53.8 Å². The van der Waals surface area contributed by atoms with Crippen LogP contribution in [0.4, 0.5) is 0 Å². The molecule has 0 spiro atoms. The third-order valence-electron chi connectivity index (χ3n) is 4.67. The molecule has 1 aliphatic heterocycles. The maximum Gasteiger partial charge on any atom is 0.263 e. The monoisotopic (exact) mass is 473 g/mol. The minimum atomic E-state index is -0.183. The molecule has 0 atom stereocenters. The molecular formula is C24H27NO5S2. The van der Waals surface area contributed by atoms with Crippen molar-refractivity contribution in [2.75, 3.05) is 33.0 Å². The second kappa shape index (κ2) is 11.9. The van der Waals surface area contributed by atoms with Crippen LogP contribution in [0.1, 0.15) is 23.6 Å². The standard InChI is InChI=1S/C24H27NO5S2/c1-4-28-21-14-18(15-22-23(26)25-24(31)32-22)6-8-20(21)30-12-10-27-9-11-29-19-7-5-16(2)17(3)13-19/h5-8,13-15H,4,9-12H2,1-3H3,(H,25,26,31). The lowest BCUT2D eigenvalue weighted by Gasteiger charge is -2.13. The number of benzene rings is 2. The van der Waals surface area contributed by atoms with Gasteiger partial charge in [0, 0.05) is 0 Å². The molecular weight excluding hydrogens is 446 g/mol. The van der Waals surface area contributed by atoms with Gasteiger partial charge in [0.05, 0.1) is 24.7 Å². The van der Waals surface area contributed by atoms with Gasteiger partial charge in [-0.1, -0.05) is 36.1 Å². The lowest BCUT2D eigenvalue weighted by Crippen LogP contribution is -2.17. The number of aryl methyl sites for hydroxylation is 2. The highest BCUT2D eigenvalue weighted by atomic mass is 32.2. The molecule has 2 aromatic carbocycles. The van der Waals surface area contributed by atoms with Crippen molar-refractivity contribution in [3.63, 3.8) is 0 Å². The number of thiocarbonyl (C=S) groups is 1. The summed E-state index contributed by atoms with van der Waals surface area (Å²) in [5.74, 6) is 1.91. The van der Waals surface area contributed by atoms with Gasteiger partial charge >= 0.3 is 0 Å². The summed E-state index contributed by atoms with van der Waals surface area (Å²) in [4.78, 5) is 12.4. The lowest BCUT2D eigenvalue weighted by molar-refractivity contribution is -0.115. The predicted octanol–water partition coefficient (Wildman–Crippen LogP) is 4.67. The number of nitrogens with one attached hydrogen (secondary N) is 1. The van der Waals surface area contributed by atoms with Gasteiger partial charge in [0.15, 0.2) is 11.5 Å². The van der Waals surface area contributed by atoms with Crippen LogP contribution in [0.25, 0.3) is 6.08 Å². The minimum absolute atomic E-state index is 0.183. The summed E-state index contributed by atoms with van der Waals surface area (Å²) >= 11 is 6.27.